The van der Waals surface area contributed by atoms with E-state index in [4.69, 9.17) is 18.9 Å². The number of anilines is 3. The van der Waals surface area contributed by atoms with Gasteiger partial charge in [0.25, 0.3) is 0 Å². The second kappa shape index (κ2) is 16.0. The standard InChI is InChI=1S/C42H57N7O5Si/c1-27-19-28(15-14-17-46-37(50)53-39(2,3)4)30(23-43)22-34(27)48-36-45-18-16-33(47-36)29-20-31(24-44)35-32(21-29)42(11,26-52-55(12,13)41(8,9)10)25-49(35)38(51)54-40(5,6)7/h16,18-22H,14-15,17,25-26H2,1-13H3,(H,46,50)(H,45,47,48)/t42-/m1/s1. The molecule has 3 aromatic rings. The van der Waals surface area contributed by atoms with Crippen molar-refractivity contribution in [1.82, 2.24) is 15.3 Å². The first-order chi connectivity index (χ1) is 25.4. The molecule has 55 heavy (non-hydrogen) atoms. The summed E-state index contributed by atoms with van der Waals surface area (Å²) < 4.78 is 17.9. The van der Waals surface area contributed by atoms with Gasteiger partial charge in [0, 0.05) is 42.6 Å². The molecule has 0 spiro atoms. The van der Waals surface area contributed by atoms with Gasteiger partial charge in [0.2, 0.25) is 5.95 Å². The maximum Gasteiger partial charge on any atom is 0.414 e. The number of aromatic nitrogens is 2. The molecule has 13 heteroatoms. The zero-order valence-corrected chi connectivity index (χ0v) is 35.8. The molecule has 0 unspecified atom stereocenters. The van der Waals surface area contributed by atoms with E-state index in [1.54, 1.807) is 29.3 Å². The number of ether oxygens (including phenoxy) is 2. The van der Waals surface area contributed by atoms with Crippen molar-refractivity contribution in [2.24, 2.45) is 0 Å². The van der Waals surface area contributed by atoms with Gasteiger partial charge in [0.1, 0.15) is 17.3 Å². The Hall–Kier alpha value is -4.98. The molecule has 2 N–H and O–H groups in total. The van der Waals surface area contributed by atoms with Crippen molar-refractivity contribution in [3.8, 4) is 23.4 Å². The Balaban J connectivity index is 1.65. The van der Waals surface area contributed by atoms with Crippen LogP contribution in [0, 0.1) is 29.6 Å². The number of fused-ring (bicyclic) bond motifs is 1. The number of nitriles is 2. The minimum absolute atomic E-state index is 0.0208. The lowest BCUT2D eigenvalue weighted by Crippen LogP contribution is -2.46. The second-order valence-corrected chi connectivity index (χ2v) is 22.9. The van der Waals surface area contributed by atoms with Crippen LogP contribution in [0.3, 0.4) is 0 Å². The summed E-state index contributed by atoms with van der Waals surface area (Å²) in [6.45, 7) is 26.9. The summed E-state index contributed by atoms with van der Waals surface area (Å²) in [6.07, 6.45) is 1.88. The van der Waals surface area contributed by atoms with Gasteiger partial charge in [-0.2, -0.15) is 10.5 Å². The zero-order chi connectivity index (χ0) is 41.1. The van der Waals surface area contributed by atoms with Gasteiger partial charge in [-0.1, -0.05) is 33.8 Å². The Bertz CT molecular complexity index is 2010. The molecule has 12 nitrogen and oxygen atoms in total. The lowest BCUT2D eigenvalue weighted by atomic mass is 9.83. The number of carbonyl (C=O) groups is 2. The SMILES string of the molecule is Cc1cc(CCCNC(=O)OC(C)(C)C)c(C#N)cc1Nc1nccc(-c2cc(C#N)c3c(c2)[C@@](C)(CO[Si](C)(C)C(C)(C)C)CN3C(=O)OC(C)(C)C)n1. The van der Waals surface area contributed by atoms with Crippen LogP contribution in [0.1, 0.15) is 103 Å². The normalized spacial score (nSPS) is 15.8. The van der Waals surface area contributed by atoms with Crippen LogP contribution < -0.4 is 15.5 Å². The van der Waals surface area contributed by atoms with Crippen molar-refractivity contribution in [3.63, 3.8) is 0 Å². The minimum atomic E-state index is -2.18. The number of amides is 2. The minimum Gasteiger partial charge on any atom is -0.444 e. The molecule has 2 heterocycles. The van der Waals surface area contributed by atoms with Crippen molar-refractivity contribution >= 4 is 37.8 Å². The lowest BCUT2D eigenvalue weighted by molar-refractivity contribution is 0.0524. The highest BCUT2D eigenvalue weighted by Gasteiger charge is 2.47. The zero-order valence-electron chi connectivity index (χ0n) is 34.8. The predicted octanol–water partition coefficient (Wildman–Crippen LogP) is 9.43. The van der Waals surface area contributed by atoms with Crippen LogP contribution in [0.4, 0.5) is 26.9 Å². The molecule has 1 aromatic heterocycles. The molecule has 0 aliphatic carbocycles. The number of alkyl carbamates (subject to hydrolysis) is 1. The van der Waals surface area contributed by atoms with Crippen LogP contribution >= 0.6 is 0 Å². The predicted molar refractivity (Wildman–Crippen MR) is 218 cm³/mol. The maximum absolute atomic E-state index is 13.6. The molecule has 0 fully saturated rings. The summed E-state index contributed by atoms with van der Waals surface area (Å²) in [5, 5.41) is 26.5. The Kier molecular flexibility index (Phi) is 12.4. The highest BCUT2D eigenvalue weighted by Crippen LogP contribution is 2.47. The van der Waals surface area contributed by atoms with Crippen LogP contribution in [-0.4, -0.2) is 61.4 Å². The molecule has 294 valence electrons. The largest absolute Gasteiger partial charge is 0.444 e. The smallest absolute Gasteiger partial charge is 0.414 e. The van der Waals surface area contributed by atoms with Crippen molar-refractivity contribution < 1.29 is 23.5 Å². The first-order valence-corrected chi connectivity index (χ1v) is 21.6. The van der Waals surface area contributed by atoms with E-state index in [1.165, 1.54) is 0 Å². The molecule has 1 aliphatic rings. The van der Waals surface area contributed by atoms with Gasteiger partial charge in [-0.3, -0.25) is 4.90 Å². The van der Waals surface area contributed by atoms with Crippen LogP contribution in [0.15, 0.2) is 36.5 Å². The van der Waals surface area contributed by atoms with E-state index < -0.39 is 37.1 Å². The Labute approximate surface area is 327 Å². The van der Waals surface area contributed by atoms with Crippen LogP contribution in [0.25, 0.3) is 11.3 Å². The van der Waals surface area contributed by atoms with Crippen molar-refractivity contribution in [2.75, 3.05) is 29.9 Å². The first-order valence-electron chi connectivity index (χ1n) is 18.7. The van der Waals surface area contributed by atoms with Gasteiger partial charge in [0.05, 0.1) is 28.6 Å². The Morgan fingerprint density at radius 1 is 0.964 bits per heavy atom. The van der Waals surface area contributed by atoms with E-state index in [2.05, 4.69) is 68.5 Å². The van der Waals surface area contributed by atoms with Gasteiger partial charge in [-0.25, -0.2) is 19.6 Å². The number of hydrogen-bond acceptors (Lipinski definition) is 10. The van der Waals surface area contributed by atoms with Crippen molar-refractivity contribution in [2.45, 2.75) is 124 Å². The molecule has 4 rings (SSSR count). The fourth-order valence-electron chi connectivity index (χ4n) is 5.98. The van der Waals surface area contributed by atoms with Gasteiger partial charge in [-0.15, -0.1) is 0 Å². The van der Waals surface area contributed by atoms with Crippen molar-refractivity contribution in [1.29, 1.82) is 10.5 Å². The highest BCUT2D eigenvalue weighted by molar-refractivity contribution is 6.74. The third kappa shape index (κ3) is 10.6. The molecule has 0 saturated heterocycles. The fourth-order valence-corrected chi connectivity index (χ4v) is 7.09. The molecule has 0 bridgehead atoms. The van der Waals surface area contributed by atoms with E-state index in [9.17, 15) is 20.1 Å². The molecule has 2 aromatic carbocycles. The van der Waals surface area contributed by atoms with E-state index in [0.717, 1.165) is 16.7 Å². The van der Waals surface area contributed by atoms with Crippen molar-refractivity contribution in [3.05, 3.63) is 64.3 Å². The van der Waals surface area contributed by atoms with Crippen LogP contribution in [-0.2, 0) is 25.7 Å². The molecular formula is C42H57N7O5Si. The summed E-state index contributed by atoms with van der Waals surface area (Å²) in [5.41, 5.74) is 3.94. The van der Waals surface area contributed by atoms with Crippen LogP contribution in [0.2, 0.25) is 18.1 Å². The van der Waals surface area contributed by atoms with E-state index in [-0.39, 0.29) is 11.6 Å². The molecule has 0 saturated carbocycles. The fraction of sp³-hybridized carbons (Fsp3) is 0.524. The summed E-state index contributed by atoms with van der Waals surface area (Å²) in [5.74, 6) is 0.317. The monoisotopic (exact) mass is 767 g/mol. The third-order valence-corrected chi connectivity index (χ3v) is 14.4. The topological polar surface area (TPSA) is 162 Å². The van der Waals surface area contributed by atoms with E-state index in [0.29, 0.717) is 65.7 Å². The van der Waals surface area contributed by atoms with E-state index in [1.807, 2.05) is 60.6 Å². The summed E-state index contributed by atoms with van der Waals surface area (Å²) >= 11 is 0. The summed E-state index contributed by atoms with van der Waals surface area (Å²) in [4.78, 5) is 36.5. The number of aryl methyl sites for hydroxylation is 2. The first kappa shape index (κ1) is 42.8. The van der Waals surface area contributed by atoms with E-state index >= 15 is 0 Å². The number of benzene rings is 2. The highest BCUT2D eigenvalue weighted by atomic mass is 28.4. The number of nitrogens with zero attached hydrogens (tertiary/aromatic N) is 5. The maximum atomic E-state index is 13.6. The average molecular weight is 768 g/mol. The summed E-state index contributed by atoms with van der Waals surface area (Å²) in [6, 6.07) is 13.9. The number of rotatable bonds is 10. The lowest BCUT2D eigenvalue weighted by Gasteiger charge is -2.39. The van der Waals surface area contributed by atoms with Gasteiger partial charge < -0.3 is 24.5 Å². The molecule has 0 radical (unpaired) electrons. The van der Waals surface area contributed by atoms with Gasteiger partial charge in [0.15, 0.2) is 8.32 Å². The molecule has 2 amide bonds. The summed E-state index contributed by atoms with van der Waals surface area (Å²) in [7, 11) is -2.18. The Morgan fingerprint density at radius 3 is 2.22 bits per heavy atom. The molecule has 1 atom stereocenters. The number of hydrogen-bond donors (Lipinski definition) is 2. The molecule has 1 aliphatic heterocycles. The average Bonchev–Trinajstić information content (AvgIpc) is 3.37. The molecular weight excluding hydrogens is 711 g/mol. The van der Waals surface area contributed by atoms with Gasteiger partial charge in [-0.05, 0) is 120 Å². The third-order valence-electron chi connectivity index (χ3n) is 9.89. The number of carbonyl (C=O) groups excluding carboxylic acids is 2. The quantitative estimate of drug-likeness (QED) is 0.150. The Morgan fingerprint density at radius 2 is 1.62 bits per heavy atom. The van der Waals surface area contributed by atoms with Gasteiger partial charge >= 0.3 is 12.2 Å². The van der Waals surface area contributed by atoms with Crippen LogP contribution in [0.5, 0.6) is 0 Å². The second-order valence-electron chi connectivity index (χ2n) is 18.1. The number of nitrogens with one attached hydrogen (secondary N) is 2.